The van der Waals surface area contributed by atoms with Crippen LogP contribution in [0.25, 0.3) is 10.2 Å². The van der Waals surface area contributed by atoms with Gasteiger partial charge in [-0.25, -0.2) is 18.2 Å². The van der Waals surface area contributed by atoms with Crippen molar-refractivity contribution in [1.82, 2.24) is 14.6 Å². The van der Waals surface area contributed by atoms with E-state index in [1.807, 2.05) is 44.2 Å². The quantitative estimate of drug-likeness (QED) is 0.252. The van der Waals surface area contributed by atoms with Crippen molar-refractivity contribution < 1.29 is 27.4 Å². The van der Waals surface area contributed by atoms with Crippen molar-refractivity contribution in [2.75, 3.05) is 25.0 Å². The fourth-order valence-electron chi connectivity index (χ4n) is 6.87. The second-order valence-corrected chi connectivity index (χ2v) is 16.4. The molecule has 6 atom stereocenters. The Kier molecular flexibility index (Phi) is 8.77. The SMILES string of the molecule is CC(C)CN(CCC(Cc1ccccc1)NC(=O)OC1C2COC3OC1CC3C2)S(=O)(=O)c1ccc2nc(NC3CC3)sc2c1. The summed E-state index contributed by atoms with van der Waals surface area (Å²) in [5, 5.41) is 7.32. The van der Waals surface area contributed by atoms with E-state index in [4.69, 9.17) is 14.2 Å². The largest absolute Gasteiger partial charge is 0.443 e. The number of anilines is 1. The summed E-state index contributed by atoms with van der Waals surface area (Å²) in [6.45, 7) is 5.18. The molecule has 2 aromatic carbocycles. The summed E-state index contributed by atoms with van der Waals surface area (Å²) >= 11 is 1.49. The maximum atomic E-state index is 14.1. The van der Waals surface area contributed by atoms with Gasteiger partial charge in [0.05, 0.1) is 27.8 Å². The molecule has 4 aliphatic rings. The predicted molar refractivity (Wildman–Crippen MR) is 173 cm³/mol. The number of nitrogens with one attached hydrogen (secondary N) is 2. The van der Waals surface area contributed by atoms with Crippen LogP contribution >= 0.6 is 11.3 Å². The van der Waals surface area contributed by atoms with Crippen LogP contribution in [0.4, 0.5) is 9.93 Å². The first-order valence-electron chi connectivity index (χ1n) is 16.2. The first-order valence-corrected chi connectivity index (χ1v) is 18.4. The second-order valence-electron chi connectivity index (χ2n) is 13.4. The van der Waals surface area contributed by atoms with E-state index in [0.29, 0.717) is 38.0 Å². The predicted octanol–water partition coefficient (Wildman–Crippen LogP) is 5.39. The number of aromatic nitrogens is 1. The van der Waals surface area contributed by atoms with E-state index >= 15 is 0 Å². The molecule has 0 spiro atoms. The lowest BCUT2D eigenvalue weighted by atomic mass is 9.78. The van der Waals surface area contributed by atoms with Crippen LogP contribution in [0.3, 0.4) is 0 Å². The average Bonchev–Trinajstić information content (AvgIpc) is 3.65. The average molecular weight is 655 g/mol. The summed E-state index contributed by atoms with van der Waals surface area (Å²) in [5.74, 6) is 0.634. The summed E-state index contributed by atoms with van der Waals surface area (Å²) in [6, 6.07) is 15.2. The lowest BCUT2D eigenvalue weighted by Crippen LogP contribution is -2.48. The smallest absolute Gasteiger partial charge is 0.407 e. The van der Waals surface area contributed by atoms with Crippen LogP contribution < -0.4 is 10.6 Å². The molecule has 3 heterocycles. The van der Waals surface area contributed by atoms with Gasteiger partial charge >= 0.3 is 6.09 Å². The van der Waals surface area contributed by atoms with Crippen LogP contribution in [0.5, 0.6) is 0 Å². The number of carbonyl (C=O) groups is 1. The number of nitrogens with zero attached hydrogens (tertiary/aromatic N) is 2. The van der Waals surface area contributed by atoms with Crippen molar-refractivity contribution in [3.63, 3.8) is 0 Å². The number of ether oxygens (including phenoxy) is 3. The molecular formula is C33H42N4O6S2. The van der Waals surface area contributed by atoms with E-state index in [-0.39, 0.29) is 47.8 Å². The summed E-state index contributed by atoms with van der Waals surface area (Å²) in [4.78, 5) is 18.2. The summed E-state index contributed by atoms with van der Waals surface area (Å²) in [5.41, 5.74) is 1.85. The molecule has 12 heteroatoms. The van der Waals surface area contributed by atoms with Crippen LogP contribution in [0.15, 0.2) is 53.4 Å². The van der Waals surface area contributed by atoms with Crippen LogP contribution in [0, 0.1) is 17.8 Å². The molecule has 10 nitrogen and oxygen atoms in total. The standard InChI is InChI=1S/C33H42N4O6S2/c1-20(2)18-37(45(39,40)26-10-11-27-29(17-26)44-32(36-27)34-24-8-9-24)13-12-25(14-21-6-4-3-5-7-21)35-33(38)43-30-23-15-22-16-28(30)42-31(22)41-19-23/h3-7,10-11,17,20,22-25,28,30-31H,8-9,12-16,18-19H2,1-2H3,(H,34,36)(H,35,38). The minimum atomic E-state index is -3.80. The van der Waals surface area contributed by atoms with Gasteiger partial charge in [-0.2, -0.15) is 4.31 Å². The van der Waals surface area contributed by atoms with Gasteiger partial charge < -0.3 is 24.8 Å². The maximum Gasteiger partial charge on any atom is 0.407 e. The van der Waals surface area contributed by atoms with Gasteiger partial charge in [-0.05, 0) is 68.2 Å². The molecule has 3 bridgehead atoms. The Hall–Kier alpha value is -2.77. The Morgan fingerprint density at radius 1 is 1.13 bits per heavy atom. The maximum absolute atomic E-state index is 14.1. The number of alkyl carbamates (subject to hydrolysis) is 1. The molecule has 2 aliphatic carbocycles. The fraction of sp³-hybridized carbons (Fsp3) is 0.576. The minimum absolute atomic E-state index is 0.116. The number of benzene rings is 2. The minimum Gasteiger partial charge on any atom is -0.443 e. The molecule has 2 saturated heterocycles. The molecule has 3 aromatic rings. The molecule has 2 N–H and O–H groups in total. The molecule has 7 rings (SSSR count). The van der Waals surface area contributed by atoms with Gasteiger partial charge in [-0.15, -0.1) is 0 Å². The molecular weight excluding hydrogens is 613 g/mol. The van der Waals surface area contributed by atoms with E-state index in [0.717, 1.165) is 46.6 Å². The zero-order valence-electron chi connectivity index (χ0n) is 25.8. The van der Waals surface area contributed by atoms with E-state index in [1.165, 1.54) is 11.3 Å². The normalized spacial score (nSPS) is 26.4. The first-order chi connectivity index (χ1) is 21.7. The number of thiazole rings is 1. The Morgan fingerprint density at radius 2 is 1.96 bits per heavy atom. The number of sulfonamides is 1. The van der Waals surface area contributed by atoms with Crippen molar-refractivity contribution in [2.24, 2.45) is 17.8 Å². The third-order valence-electron chi connectivity index (χ3n) is 9.23. The second kappa shape index (κ2) is 12.8. The van der Waals surface area contributed by atoms with Crippen molar-refractivity contribution in [2.45, 2.75) is 87.8 Å². The van der Waals surface area contributed by atoms with Gasteiger partial charge in [0, 0.05) is 37.0 Å². The summed E-state index contributed by atoms with van der Waals surface area (Å²) < 4.78 is 48.4. The van der Waals surface area contributed by atoms with E-state index in [1.54, 1.807) is 22.5 Å². The highest BCUT2D eigenvalue weighted by molar-refractivity contribution is 7.89. The molecule has 2 saturated carbocycles. The highest BCUT2D eigenvalue weighted by atomic mass is 32.2. The number of fused-ring (bicyclic) bond motifs is 3. The zero-order chi connectivity index (χ0) is 31.1. The Labute approximate surface area is 268 Å². The van der Waals surface area contributed by atoms with E-state index in [2.05, 4.69) is 15.6 Å². The van der Waals surface area contributed by atoms with E-state index in [9.17, 15) is 13.2 Å². The number of amides is 1. The molecule has 45 heavy (non-hydrogen) atoms. The molecule has 6 unspecified atom stereocenters. The molecule has 2 aliphatic heterocycles. The number of rotatable bonds is 13. The van der Waals surface area contributed by atoms with E-state index < -0.39 is 16.1 Å². The number of hydrogen-bond acceptors (Lipinski definition) is 9. The lowest BCUT2D eigenvalue weighted by molar-refractivity contribution is -0.153. The molecule has 1 amide bonds. The van der Waals surface area contributed by atoms with Gasteiger partial charge in [-0.3, -0.25) is 0 Å². The zero-order valence-corrected chi connectivity index (χ0v) is 27.4. The Bertz CT molecular complexity index is 1600. The fourth-order valence-corrected chi connectivity index (χ4v) is 9.57. The van der Waals surface area contributed by atoms with Gasteiger partial charge in [0.1, 0.15) is 6.10 Å². The number of hydrogen-bond donors (Lipinski definition) is 2. The van der Waals surface area contributed by atoms with Crippen LogP contribution in [-0.2, 0) is 30.7 Å². The molecule has 4 fully saturated rings. The van der Waals surface area contributed by atoms with Crippen LogP contribution in [0.1, 0.15) is 51.5 Å². The molecule has 242 valence electrons. The van der Waals surface area contributed by atoms with Crippen molar-refractivity contribution >= 4 is 42.8 Å². The Morgan fingerprint density at radius 3 is 2.73 bits per heavy atom. The molecule has 0 radical (unpaired) electrons. The third kappa shape index (κ3) is 7.00. The highest BCUT2D eigenvalue weighted by Crippen LogP contribution is 2.46. The third-order valence-corrected chi connectivity index (χ3v) is 12.0. The summed E-state index contributed by atoms with van der Waals surface area (Å²) in [6.07, 6.45) is 3.90. The monoisotopic (exact) mass is 654 g/mol. The number of carbonyl (C=O) groups excluding carboxylic acids is 1. The highest BCUT2D eigenvalue weighted by Gasteiger charge is 2.53. The first kappa shape index (κ1) is 30.9. The van der Waals surface area contributed by atoms with Crippen LogP contribution in [-0.4, -0.2) is 74.1 Å². The topological polar surface area (TPSA) is 119 Å². The summed E-state index contributed by atoms with van der Waals surface area (Å²) in [7, 11) is -3.80. The van der Waals surface area contributed by atoms with Gasteiger partial charge in [0.25, 0.3) is 0 Å². The van der Waals surface area contributed by atoms with Gasteiger partial charge in [0.15, 0.2) is 11.4 Å². The Balaban J connectivity index is 1.06. The van der Waals surface area contributed by atoms with Gasteiger partial charge in [0.2, 0.25) is 10.0 Å². The van der Waals surface area contributed by atoms with Crippen LogP contribution in [0.2, 0.25) is 0 Å². The van der Waals surface area contributed by atoms with Crippen molar-refractivity contribution in [3.8, 4) is 0 Å². The van der Waals surface area contributed by atoms with Crippen molar-refractivity contribution in [3.05, 3.63) is 54.1 Å². The van der Waals surface area contributed by atoms with Gasteiger partial charge in [-0.1, -0.05) is 55.5 Å². The van der Waals surface area contributed by atoms with Crippen molar-refractivity contribution in [1.29, 1.82) is 0 Å². The lowest BCUT2D eigenvalue weighted by Gasteiger charge is -2.36. The molecule has 1 aromatic heterocycles.